The molecule has 5 heteroatoms. The van der Waals surface area contributed by atoms with Gasteiger partial charge >= 0.3 is 0 Å². The zero-order chi connectivity index (χ0) is 14.4. The molecule has 0 aromatic heterocycles. The van der Waals surface area contributed by atoms with Crippen LogP contribution in [0.4, 0.5) is 0 Å². The Morgan fingerprint density at radius 3 is 2.55 bits per heavy atom. The van der Waals surface area contributed by atoms with Crippen molar-refractivity contribution in [2.75, 3.05) is 6.61 Å². The average molecular weight is 303 g/mol. The molecule has 20 heavy (non-hydrogen) atoms. The summed E-state index contributed by atoms with van der Waals surface area (Å²) in [6.07, 6.45) is 0. The standard InChI is InChI=1S/C15H14NO2PS/c1-2-17-19(20,15-9-4-3-5-10-15)18-14-8-6-7-13(11-14)12-16/h3-11H,2H2,1H3. The number of nitrogens with zero attached hydrogens (tertiary/aromatic N) is 1. The zero-order valence-electron chi connectivity index (χ0n) is 11.0. The zero-order valence-corrected chi connectivity index (χ0v) is 12.7. The van der Waals surface area contributed by atoms with Gasteiger partial charge in [-0.05, 0) is 49.1 Å². The van der Waals surface area contributed by atoms with Gasteiger partial charge in [-0.2, -0.15) is 5.26 Å². The molecule has 0 heterocycles. The minimum absolute atomic E-state index is 0.476. The van der Waals surface area contributed by atoms with Crippen LogP contribution in [0, 0.1) is 11.3 Å². The molecule has 0 saturated heterocycles. The third-order valence-electron chi connectivity index (χ3n) is 2.56. The Labute approximate surface area is 123 Å². The van der Waals surface area contributed by atoms with Gasteiger partial charge in [0.05, 0.1) is 18.2 Å². The van der Waals surface area contributed by atoms with E-state index < -0.39 is 6.49 Å². The molecule has 1 unspecified atom stereocenters. The lowest BCUT2D eigenvalue weighted by atomic mass is 10.2. The van der Waals surface area contributed by atoms with Crippen LogP contribution >= 0.6 is 6.49 Å². The van der Waals surface area contributed by atoms with Crippen molar-refractivity contribution in [1.82, 2.24) is 0 Å². The third-order valence-corrected chi connectivity index (χ3v) is 5.71. The van der Waals surface area contributed by atoms with Crippen LogP contribution in [0.3, 0.4) is 0 Å². The summed E-state index contributed by atoms with van der Waals surface area (Å²) >= 11 is 5.61. The maximum absolute atomic E-state index is 8.93. The number of hydrogen-bond acceptors (Lipinski definition) is 4. The Morgan fingerprint density at radius 2 is 1.90 bits per heavy atom. The van der Waals surface area contributed by atoms with E-state index in [4.69, 9.17) is 26.1 Å². The van der Waals surface area contributed by atoms with Crippen molar-refractivity contribution in [2.45, 2.75) is 6.92 Å². The third kappa shape index (κ3) is 3.46. The molecule has 0 N–H and O–H groups in total. The number of hydrogen-bond donors (Lipinski definition) is 0. The summed E-state index contributed by atoms with van der Waals surface area (Å²) in [4.78, 5) is 0. The fourth-order valence-electron chi connectivity index (χ4n) is 1.70. The SMILES string of the molecule is CCOP(=S)(Oc1cccc(C#N)c1)c1ccccc1. The van der Waals surface area contributed by atoms with Gasteiger partial charge < -0.3 is 9.05 Å². The van der Waals surface area contributed by atoms with Gasteiger partial charge in [0.15, 0.2) is 0 Å². The predicted molar refractivity (Wildman–Crippen MR) is 83.8 cm³/mol. The Bertz CT molecular complexity index is 667. The van der Waals surface area contributed by atoms with Crippen molar-refractivity contribution >= 4 is 23.6 Å². The number of nitriles is 1. The first-order valence-electron chi connectivity index (χ1n) is 6.18. The Morgan fingerprint density at radius 1 is 1.15 bits per heavy atom. The van der Waals surface area contributed by atoms with Crippen LogP contribution in [0.25, 0.3) is 0 Å². The molecule has 102 valence electrons. The second kappa shape index (κ2) is 6.67. The second-order valence-electron chi connectivity index (χ2n) is 3.98. The van der Waals surface area contributed by atoms with E-state index in [1.165, 1.54) is 0 Å². The summed E-state index contributed by atoms with van der Waals surface area (Å²) < 4.78 is 11.6. The van der Waals surface area contributed by atoms with Gasteiger partial charge in [-0.1, -0.05) is 24.3 Å². The lowest BCUT2D eigenvalue weighted by Crippen LogP contribution is -2.11. The highest BCUT2D eigenvalue weighted by molar-refractivity contribution is 8.13. The minimum atomic E-state index is -2.60. The summed E-state index contributed by atoms with van der Waals surface area (Å²) in [5, 5.41) is 9.79. The summed E-state index contributed by atoms with van der Waals surface area (Å²) in [7, 11) is 0. The van der Waals surface area contributed by atoms with Gasteiger partial charge in [0.2, 0.25) is 0 Å². The second-order valence-corrected chi connectivity index (χ2v) is 7.38. The Kier molecular flexibility index (Phi) is 4.92. The van der Waals surface area contributed by atoms with Crippen molar-refractivity contribution in [3.8, 4) is 11.8 Å². The molecule has 0 aliphatic carbocycles. The summed E-state index contributed by atoms with van der Waals surface area (Å²) in [5.74, 6) is 0.560. The van der Waals surface area contributed by atoms with E-state index >= 15 is 0 Å². The quantitative estimate of drug-likeness (QED) is 0.791. The summed E-state index contributed by atoms with van der Waals surface area (Å²) in [5.41, 5.74) is 0.536. The van der Waals surface area contributed by atoms with Crippen molar-refractivity contribution in [3.63, 3.8) is 0 Å². The molecule has 2 aromatic carbocycles. The Hall–Kier alpha value is -1.66. The molecule has 3 nitrogen and oxygen atoms in total. The minimum Gasteiger partial charge on any atom is -0.440 e. The number of rotatable bonds is 5. The van der Waals surface area contributed by atoms with Crippen LogP contribution in [-0.4, -0.2) is 6.61 Å². The Balaban J connectivity index is 2.35. The van der Waals surface area contributed by atoms with Gasteiger partial charge in [0.1, 0.15) is 5.75 Å². The van der Waals surface area contributed by atoms with Crippen molar-refractivity contribution in [3.05, 3.63) is 60.2 Å². The molecule has 0 saturated carbocycles. The number of benzene rings is 2. The van der Waals surface area contributed by atoms with Gasteiger partial charge in [-0.3, -0.25) is 0 Å². The first-order chi connectivity index (χ1) is 9.68. The van der Waals surface area contributed by atoms with Crippen LogP contribution in [0.1, 0.15) is 12.5 Å². The van der Waals surface area contributed by atoms with Crippen molar-refractivity contribution < 1.29 is 9.05 Å². The maximum atomic E-state index is 8.93. The van der Waals surface area contributed by atoms with E-state index in [0.717, 1.165) is 5.30 Å². The highest BCUT2D eigenvalue weighted by Crippen LogP contribution is 2.47. The molecule has 0 aliphatic rings. The van der Waals surface area contributed by atoms with E-state index in [2.05, 4.69) is 6.07 Å². The fourth-order valence-corrected chi connectivity index (χ4v) is 4.21. The lowest BCUT2D eigenvalue weighted by Gasteiger charge is -2.22. The molecule has 0 aliphatic heterocycles. The van der Waals surface area contributed by atoms with Crippen LogP contribution in [-0.2, 0) is 16.3 Å². The molecule has 0 fully saturated rings. The van der Waals surface area contributed by atoms with E-state index in [1.807, 2.05) is 37.3 Å². The van der Waals surface area contributed by atoms with Crippen LogP contribution in [0.5, 0.6) is 5.75 Å². The van der Waals surface area contributed by atoms with E-state index in [0.29, 0.717) is 17.9 Å². The first-order valence-corrected chi connectivity index (χ1v) is 8.81. The van der Waals surface area contributed by atoms with Gasteiger partial charge in [-0.25, -0.2) is 0 Å². The highest BCUT2D eigenvalue weighted by atomic mass is 32.5. The fraction of sp³-hybridized carbons (Fsp3) is 0.133. The molecular weight excluding hydrogens is 289 g/mol. The van der Waals surface area contributed by atoms with Crippen LogP contribution < -0.4 is 9.83 Å². The van der Waals surface area contributed by atoms with E-state index in [-0.39, 0.29) is 0 Å². The first kappa shape index (κ1) is 14.7. The average Bonchev–Trinajstić information content (AvgIpc) is 2.48. The highest BCUT2D eigenvalue weighted by Gasteiger charge is 2.23. The summed E-state index contributed by atoms with van der Waals surface area (Å²) in [6, 6.07) is 18.6. The van der Waals surface area contributed by atoms with Crippen LogP contribution in [0.15, 0.2) is 54.6 Å². The van der Waals surface area contributed by atoms with E-state index in [1.54, 1.807) is 24.3 Å². The summed E-state index contributed by atoms with van der Waals surface area (Å²) in [6.45, 7) is -0.236. The van der Waals surface area contributed by atoms with Crippen LogP contribution in [0.2, 0.25) is 0 Å². The molecule has 0 spiro atoms. The predicted octanol–water partition coefficient (Wildman–Crippen LogP) is 3.61. The van der Waals surface area contributed by atoms with Crippen molar-refractivity contribution in [1.29, 1.82) is 5.26 Å². The molecule has 2 rings (SSSR count). The van der Waals surface area contributed by atoms with Crippen molar-refractivity contribution in [2.24, 2.45) is 0 Å². The molecule has 1 atom stereocenters. The molecule has 0 bridgehead atoms. The normalized spacial score (nSPS) is 13.2. The lowest BCUT2D eigenvalue weighted by molar-refractivity contribution is 0.339. The maximum Gasteiger partial charge on any atom is 0.269 e. The van der Waals surface area contributed by atoms with Gasteiger partial charge in [0.25, 0.3) is 6.49 Å². The van der Waals surface area contributed by atoms with E-state index in [9.17, 15) is 0 Å². The molecule has 2 aromatic rings. The van der Waals surface area contributed by atoms with Gasteiger partial charge in [-0.15, -0.1) is 0 Å². The topological polar surface area (TPSA) is 42.2 Å². The monoisotopic (exact) mass is 303 g/mol. The molecular formula is C15H14NO2PS. The van der Waals surface area contributed by atoms with Gasteiger partial charge in [0, 0.05) is 5.30 Å². The smallest absolute Gasteiger partial charge is 0.269 e. The largest absolute Gasteiger partial charge is 0.440 e. The molecule has 0 radical (unpaired) electrons. The molecule has 0 amide bonds.